The molecule has 0 aliphatic carbocycles. The Morgan fingerprint density at radius 2 is 1.48 bits per heavy atom. The zero-order valence-corrected chi connectivity index (χ0v) is 16.5. The van der Waals surface area contributed by atoms with E-state index in [9.17, 15) is 9.90 Å². The molecule has 1 heterocycles. The van der Waals surface area contributed by atoms with E-state index in [2.05, 4.69) is 19.8 Å². The van der Waals surface area contributed by atoms with E-state index in [1.165, 1.54) is 13.2 Å². The van der Waals surface area contributed by atoms with Crippen LogP contribution in [0.4, 0.5) is 5.69 Å². The summed E-state index contributed by atoms with van der Waals surface area (Å²) in [5.41, 5.74) is 2.58. The molecule has 0 spiro atoms. The molecule has 0 aliphatic rings. The van der Waals surface area contributed by atoms with E-state index >= 15 is 0 Å². The van der Waals surface area contributed by atoms with Crippen molar-refractivity contribution in [1.29, 1.82) is 0 Å². The molecular formula is C24H16N4O3. The van der Waals surface area contributed by atoms with Gasteiger partial charge in [0.2, 0.25) is 0 Å². The van der Waals surface area contributed by atoms with Gasteiger partial charge in [-0.3, -0.25) is 0 Å². The average Bonchev–Trinajstić information content (AvgIpc) is 2.83. The predicted molar refractivity (Wildman–Crippen MR) is 115 cm³/mol. The first-order valence-corrected chi connectivity index (χ1v) is 9.30. The van der Waals surface area contributed by atoms with Crippen LogP contribution in [0.25, 0.3) is 39.0 Å². The van der Waals surface area contributed by atoms with Gasteiger partial charge in [-0.15, -0.1) is 0 Å². The maximum absolute atomic E-state index is 11.7. The lowest BCUT2D eigenvalue weighted by Gasteiger charge is -2.10. The summed E-state index contributed by atoms with van der Waals surface area (Å²) in [6.07, 6.45) is 0. The van der Waals surface area contributed by atoms with Gasteiger partial charge < -0.3 is 9.84 Å². The predicted octanol–water partition coefficient (Wildman–Crippen LogP) is 4.92. The molecule has 0 saturated carbocycles. The lowest BCUT2D eigenvalue weighted by Crippen LogP contribution is -2.02. The Kier molecular flexibility index (Phi) is 5.37. The molecule has 7 heteroatoms. The van der Waals surface area contributed by atoms with Crippen LogP contribution in [-0.2, 0) is 4.74 Å². The third kappa shape index (κ3) is 4.09. The van der Waals surface area contributed by atoms with Gasteiger partial charge in [0.05, 0.1) is 24.8 Å². The van der Waals surface area contributed by atoms with Crippen LogP contribution in [0.2, 0.25) is 0 Å². The van der Waals surface area contributed by atoms with E-state index in [1.54, 1.807) is 36.4 Å². The van der Waals surface area contributed by atoms with Gasteiger partial charge in [-0.2, -0.15) is 0 Å². The Hall–Kier alpha value is -4.57. The Morgan fingerprint density at radius 1 is 0.871 bits per heavy atom. The van der Waals surface area contributed by atoms with Gasteiger partial charge in [0.15, 0.2) is 23.2 Å². The first-order valence-electron chi connectivity index (χ1n) is 9.30. The SMILES string of the molecule is [C-]#[N+]c1ccc(-c2nc(-c3ccccc3)nc(-c3ccc(C(=O)OC)cc3)n2)c(O)c1. The number of ether oxygens (including phenoxy) is 1. The van der Waals surface area contributed by atoms with Gasteiger partial charge >= 0.3 is 5.97 Å². The third-order valence-electron chi connectivity index (χ3n) is 4.58. The van der Waals surface area contributed by atoms with Gasteiger partial charge in [-0.05, 0) is 18.2 Å². The standard InChI is InChI=1S/C24H16N4O3/c1-25-18-12-13-19(20(29)14-18)23-27-21(15-6-4-3-5-7-15)26-22(28-23)16-8-10-17(11-9-16)24(30)31-2/h3-14,29H,2H3. The fraction of sp³-hybridized carbons (Fsp3) is 0.0417. The average molecular weight is 408 g/mol. The van der Waals surface area contributed by atoms with Crippen molar-refractivity contribution < 1.29 is 14.6 Å². The van der Waals surface area contributed by atoms with Crippen molar-refractivity contribution in [3.8, 4) is 39.9 Å². The quantitative estimate of drug-likeness (QED) is 0.381. The number of phenolic OH excluding ortho intramolecular Hbond substituents is 1. The Balaban J connectivity index is 1.87. The van der Waals surface area contributed by atoms with Gasteiger partial charge in [-0.25, -0.2) is 24.6 Å². The summed E-state index contributed by atoms with van der Waals surface area (Å²) in [6.45, 7) is 7.11. The van der Waals surface area contributed by atoms with Crippen LogP contribution < -0.4 is 0 Å². The van der Waals surface area contributed by atoms with Crippen LogP contribution in [0.3, 0.4) is 0 Å². The van der Waals surface area contributed by atoms with Gasteiger partial charge in [0.25, 0.3) is 0 Å². The summed E-state index contributed by atoms with van der Waals surface area (Å²) in [6, 6.07) is 20.7. The van der Waals surface area contributed by atoms with Crippen molar-refractivity contribution in [3.05, 3.63) is 89.8 Å². The molecule has 0 fully saturated rings. The number of hydrogen-bond donors (Lipinski definition) is 1. The normalized spacial score (nSPS) is 10.3. The highest BCUT2D eigenvalue weighted by Crippen LogP contribution is 2.32. The fourth-order valence-corrected chi connectivity index (χ4v) is 2.99. The zero-order chi connectivity index (χ0) is 21.8. The van der Waals surface area contributed by atoms with E-state index in [0.29, 0.717) is 34.0 Å². The number of nitrogens with zero attached hydrogens (tertiary/aromatic N) is 4. The number of carbonyl (C=O) groups excluding carboxylic acids is 1. The van der Waals surface area contributed by atoms with Crippen LogP contribution in [-0.4, -0.2) is 33.1 Å². The largest absolute Gasteiger partial charge is 0.509 e. The van der Waals surface area contributed by atoms with Gasteiger partial charge in [0, 0.05) is 11.1 Å². The van der Waals surface area contributed by atoms with Crippen LogP contribution in [0.1, 0.15) is 10.4 Å². The smallest absolute Gasteiger partial charge is 0.337 e. The molecule has 0 unspecified atom stereocenters. The maximum Gasteiger partial charge on any atom is 0.337 e. The molecule has 4 rings (SSSR count). The minimum absolute atomic E-state index is 0.0919. The summed E-state index contributed by atoms with van der Waals surface area (Å²) in [5, 5.41) is 10.4. The van der Waals surface area contributed by atoms with E-state index < -0.39 is 5.97 Å². The number of hydrogen-bond acceptors (Lipinski definition) is 6. The van der Waals surface area contributed by atoms with Crippen molar-refractivity contribution in [2.75, 3.05) is 7.11 Å². The monoisotopic (exact) mass is 408 g/mol. The number of carbonyl (C=O) groups is 1. The Labute approximate surface area is 178 Å². The van der Waals surface area contributed by atoms with Crippen molar-refractivity contribution in [2.24, 2.45) is 0 Å². The number of rotatable bonds is 4. The molecule has 0 radical (unpaired) electrons. The molecule has 0 atom stereocenters. The van der Waals surface area contributed by atoms with Crippen LogP contribution in [0, 0.1) is 6.57 Å². The van der Waals surface area contributed by atoms with Crippen LogP contribution >= 0.6 is 0 Å². The first kappa shape index (κ1) is 19.7. The molecule has 0 aliphatic heterocycles. The molecular weight excluding hydrogens is 392 g/mol. The molecule has 1 N–H and O–H groups in total. The van der Waals surface area contributed by atoms with E-state index in [1.807, 2.05) is 30.3 Å². The zero-order valence-electron chi connectivity index (χ0n) is 16.5. The number of aromatic hydroxyl groups is 1. The Bertz CT molecular complexity index is 1300. The van der Waals surface area contributed by atoms with Gasteiger partial charge in [-0.1, -0.05) is 54.6 Å². The van der Waals surface area contributed by atoms with Crippen molar-refractivity contribution in [1.82, 2.24) is 15.0 Å². The highest BCUT2D eigenvalue weighted by atomic mass is 16.5. The van der Waals surface area contributed by atoms with Gasteiger partial charge in [0.1, 0.15) is 5.75 Å². The minimum atomic E-state index is -0.433. The Morgan fingerprint density at radius 3 is 2.06 bits per heavy atom. The van der Waals surface area contributed by atoms with E-state index in [-0.39, 0.29) is 11.6 Å². The number of methoxy groups -OCH3 is 1. The highest BCUT2D eigenvalue weighted by molar-refractivity contribution is 5.89. The summed E-state index contributed by atoms with van der Waals surface area (Å²) in [5.74, 6) is 0.568. The molecule has 3 aromatic carbocycles. The number of benzene rings is 3. The van der Waals surface area contributed by atoms with Crippen molar-refractivity contribution >= 4 is 11.7 Å². The fourth-order valence-electron chi connectivity index (χ4n) is 2.99. The summed E-state index contributed by atoms with van der Waals surface area (Å²) < 4.78 is 4.74. The minimum Gasteiger partial charge on any atom is -0.509 e. The topological polar surface area (TPSA) is 89.6 Å². The van der Waals surface area contributed by atoms with E-state index in [4.69, 9.17) is 11.3 Å². The molecule has 4 aromatic rings. The second-order valence-electron chi connectivity index (χ2n) is 6.55. The van der Waals surface area contributed by atoms with Crippen LogP contribution in [0.5, 0.6) is 5.75 Å². The first-order chi connectivity index (χ1) is 15.1. The number of aromatic nitrogens is 3. The molecule has 150 valence electrons. The summed E-state index contributed by atoms with van der Waals surface area (Å²) in [7, 11) is 1.33. The van der Waals surface area contributed by atoms with Crippen molar-refractivity contribution in [3.63, 3.8) is 0 Å². The lowest BCUT2D eigenvalue weighted by atomic mass is 10.1. The summed E-state index contributed by atoms with van der Waals surface area (Å²) in [4.78, 5) is 28.7. The molecule has 1 aromatic heterocycles. The number of esters is 1. The summed E-state index contributed by atoms with van der Waals surface area (Å²) >= 11 is 0. The van der Waals surface area contributed by atoms with E-state index in [0.717, 1.165) is 5.56 Å². The molecule has 0 amide bonds. The molecule has 7 nitrogen and oxygen atoms in total. The van der Waals surface area contributed by atoms with Crippen LogP contribution in [0.15, 0.2) is 72.8 Å². The second-order valence-corrected chi connectivity index (χ2v) is 6.55. The highest BCUT2D eigenvalue weighted by Gasteiger charge is 2.15. The maximum atomic E-state index is 11.7. The molecule has 0 saturated heterocycles. The third-order valence-corrected chi connectivity index (χ3v) is 4.58. The van der Waals surface area contributed by atoms with Crippen molar-refractivity contribution in [2.45, 2.75) is 0 Å². The molecule has 31 heavy (non-hydrogen) atoms. The second kappa shape index (κ2) is 8.43. The number of phenols is 1. The lowest BCUT2D eigenvalue weighted by molar-refractivity contribution is 0.0600. The molecule has 0 bridgehead atoms.